The highest BCUT2D eigenvalue weighted by atomic mass is 16.4. The second-order valence-electron chi connectivity index (χ2n) is 6.50. The lowest BCUT2D eigenvalue weighted by molar-refractivity contribution is -0.137. The van der Waals surface area contributed by atoms with Gasteiger partial charge < -0.3 is 14.9 Å². The molecule has 1 aliphatic heterocycles. The summed E-state index contributed by atoms with van der Waals surface area (Å²) in [7, 11) is 0. The van der Waals surface area contributed by atoms with Crippen LogP contribution in [0.3, 0.4) is 0 Å². The van der Waals surface area contributed by atoms with Gasteiger partial charge in [-0.05, 0) is 46.5 Å². The van der Waals surface area contributed by atoms with Crippen LogP contribution in [-0.2, 0) is 4.79 Å². The fourth-order valence-corrected chi connectivity index (χ4v) is 2.76. The van der Waals surface area contributed by atoms with Crippen molar-refractivity contribution in [3.05, 3.63) is 0 Å². The van der Waals surface area contributed by atoms with E-state index in [9.17, 15) is 9.59 Å². The fourth-order valence-electron chi connectivity index (χ4n) is 2.76. The molecule has 1 aliphatic rings. The van der Waals surface area contributed by atoms with Crippen molar-refractivity contribution in [1.82, 2.24) is 9.80 Å². The average Bonchev–Trinajstić information content (AvgIpc) is 2.36. The van der Waals surface area contributed by atoms with Crippen LogP contribution < -0.4 is 0 Å². The van der Waals surface area contributed by atoms with Crippen molar-refractivity contribution in [2.45, 2.75) is 71.4 Å². The number of piperidine rings is 1. The van der Waals surface area contributed by atoms with Crippen LogP contribution in [0.5, 0.6) is 0 Å². The molecule has 0 aromatic rings. The Balaban J connectivity index is 2.83. The largest absolute Gasteiger partial charge is 0.481 e. The molecule has 1 atom stereocenters. The normalized spacial score (nSPS) is 19.8. The fraction of sp³-hybridized carbons (Fsp3) is 0.867. The van der Waals surface area contributed by atoms with E-state index >= 15 is 0 Å². The van der Waals surface area contributed by atoms with Crippen molar-refractivity contribution in [3.63, 3.8) is 0 Å². The Kier molecular flexibility index (Phi) is 5.84. The van der Waals surface area contributed by atoms with Crippen LogP contribution >= 0.6 is 0 Å². The van der Waals surface area contributed by atoms with Crippen molar-refractivity contribution in [1.29, 1.82) is 0 Å². The zero-order chi connectivity index (χ0) is 15.3. The van der Waals surface area contributed by atoms with E-state index in [1.807, 2.05) is 25.7 Å². The van der Waals surface area contributed by atoms with Crippen LogP contribution in [-0.4, -0.2) is 51.6 Å². The Morgan fingerprint density at radius 2 is 1.95 bits per heavy atom. The highest BCUT2D eigenvalue weighted by molar-refractivity contribution is 5.76. The van der Waals surface area contributed by atoms with Gasteiger partial charge in [0, 0.05) is 24.7 Å². The van der Waals surface area contributed by atoms with Gasteiger partial charge in [0.15, 0.2) is 0 Å². The number of nitrogens with zero attached hydrogens (tertiary/aromatic N) is 2. The first-order valence-corrected chi connectivity index (χ1v) is 7.57. The molecule has 20 heavy (non-hydrogen) atoms. The smallest absolute Gasteiger partial charge is 0.320 e. The first-order valence-electron chi connectivity index (χ1n) is 7.57. The van der Waals surface area contributed by atoms with Gasteiger partial charge in [0.25, 0.3) is 0 Å². The molecular formula is C15H28N2O3. The van der Waals surface area contributed by atoms with Gasteiger partial charge in [-0.15, -0.1) is 0 Å². The SMILES string of the molecule is CCC1CCCCN1C(=O)N(CCC(=O)O)C(C)(C)C. The molecule has 116 valence electrons. The van der Waals surface area contributed by atoms with Crippen LogP contribution in [0.4, 0.5) is 4.79 Å². The number of amides is 2. The summed E-state index contributed by atoms with van der Waals surface area (Å²) in [4.78, 5) is 27.2. The third-order valence-corrected chi connectivity index (χ3v) is 3.93. The van der Waals surface area contributed by atoms with Gasteiger partial charge in [-0.3, -0.25) is 4.79 Å². The maximum absolute atomic E-state index is 12.8. The van der Waals surface area contributed by atoms with E-state index < -0.39 is 5.97 Å². The number of carbonyl (C=O) groups excluding carboxylic acids is 1. The maximum atomic E-state index is 12.8. The molecule has 0 saturated carbocycles. The predicted octanol–water partition coefficient (Wildman–Crippen LogP) is 2.95. The molecule has 2 amide bonds. The summed E-state index contributed by atoms with van der Waals surface area (Å²) in [6, 6.07) is 0.288. The number of urea groups is 1. The van der Waals surface area contributed by atoms with Gasteiger partial charge in [-0.2, -0.15) is 0 Å². The number of hydrogen-bond donors (Lipinski definition) is 1. The summed E-state index contributed by atoms with van der Waals surface area (Å²) in [6.45, 7) is 9.03. The maximum Gasteiger partial charge on any atom is 0.320 e. The molecule has 1 saturated heterocycles. The molecule has 1 N–H and O–H groups in total. The van der Waals surface area contributed by atoms with Gasteiger partial charge in [-0.1, -0.05) is 6.92 Å². The van der Waals surface area contributed by atoms with Crippen LogP contribution in [0.1, 0.15) is 59.8 Å². The molecule has 1 unspecified atom stereocenters. The van der Waals surface area contributed by atoms with E-state index in [1.165, 1.54) is 6.42 Å². The Morgan fingerprint density at radius 3 is 2.45 bits per heavy atom. The lowest BCUT2D eigenvalue weighted by Gasteiger charge is -2.43. The van der Waals surface area contributed by atoms with E-state index in [0.29, 0.717) is 6.04 Å². The molecule has 0 aromatic heterocycles. The van der Waals surface area contributed by atoms with Gasteiger partial charge in [0.05, 0.1) is 6.42 Å². The summed E-state index contributed by atoms with van der Waals surface area (Å²) in [6.07, 6.45) is 4.22. The van der Waals surface area contributed by atoms with Gasteiger partial charge in [0.1, 0.15) is 0 Å². The first-order chi connectivity index (χ1) is 9.27. The highest BCUT2D eigenvalue weighted by Crippen LogP contribution is 2.24. The van der Waals surface area contributed by atoms with E-state index in [-0.39, 0.29) is 24.5 Å². The summed E-state index contributed by atoms with van der Waals surface area (Å²) in [5, 5.41) is 8.87. The number of carbonyl (C=O) groups is 2. The zero-order valence-electron chi connectivity index (χ0n) is 13.2. The van der Waals surface area contributed by atoms with Crippen molar-refractivity contribution in [3.8, 4) is 0 Å². The second-order valence-corrected chi connectivity index (χ2v) is 6.50. The van der Waals surface area contributed by atoms with Crippen molar-refractivity contribution in [2.24, 2.45) is 0 Å². The minimum Gasteiger partial charge on any atom is -0.481 e. The first kappa shape index (κ1) is 16.8. The molecule has 1 fully saturated rings. The second kappa shape index (κ2) is 6.95. The summed E-state index contributed by atoms with van der Waals surface area (Å²) >= 11 is 0. The topological polar surface area (TPSA) is 60.9 Å². The third-order valence-electron chi connectivity index (χ3n) is 3.93. The van der Waals surface area contributed by atoms with Gasteiger partial charge in [0.2, 0.25) is 0 Å². The molecule has 0 aliphatic carbocycles. The number of likely N-dealkylation sites (tertiary alicyclic amines) is 1. The third kappa shape index (κ3) is 4.39. The minimum atomic E-state index is -0.863. The van der Waals surface area contributed by atoms with Crippen LogP contribution in [0, 0.1) is 0 Å². The Hall–Kier alpha value is -1.26. The van der Waals surface area contributed by atoms with Gasteiger partial charge in [-0.25, -0.2) is 4.79 Å². The Labute approximate surface area is 121 Å². The van der Waals surface area contributed by atoms with Crippen LogP contribution in [0.15, 0.2) is 0 Å². The number of carboxylic acids is 1. The average molecular weight is 284 g/mol. The summed E-state index contributed by atoms with van der Waals surface area (Å²) in [5.74, 6) is -0.863. The van der Waals surface area contributed by atoms with Crippen LogP contribution in [0.25, 0.3) is 0 Å². The van der Waals surface area contributed by atoms with E-state index in [0.717, 1.165) is 25.8 Å². The number of hydrogen-bond acceptors (Lipinski definition) is 2. The zero-order valence-corrected chi connectivity index (χ0v) is 13.2. The molecule has 0 radical (unpaired) electrons. The van der Waals surface area contributed by atoms with Crippen molar-refractivity contribution >= 4 is 12.0 Å². The monoisotopic (exact) mass is 284 g/mol. The Bertz CT molecular complexity index is 350. The molecule has 0 aromatic carbocycles. The molecule has 0 spiro atoms. The molecule has 1 rings (SSSR count). The lowest BCUT2D eigenvalue weighted by Crippen LogP contribution is -2.56. The number of aliphatic carboxylic acids is 1. The number of rotatable bonds is 4. The van der Waals surface area contributed by atoms with E-state index in [4.69, 9.17) is 5.11 Å². The molecular weight excluding hydrogens is 256 g/mol. The number of carboxylic acid groups (broad SMARTS) is 1. The van der Waals surface area contributed by atoms with Crippen LogP contribution in [0.2, 0.25) is 0 Å². The minimum absolute atomic E-state index is 0.00631. The summed E-state index contributed by atoms with van der Waals surface area (Å²) < 4.78 is 0. The highest BCUT2D eigenvalue weighted by Gasteiger charge is 2.34. The quantitative estimate of drug-likeness (QED) is 0.863. The standard InChI is InChI=1S/C15H28N2O3/c1-5-12-8-6-7-10-16(12)14(20)17(15(2,3)4)11-9-13(18)19/h12H,5-11H2,1-4H3,(H,18,19). The predicted molar refractivity (Wildman–Crippen MR) is 78.7 cm³/mol. The molecule has 0 bridgehead atoms. The van der Waals surface area contributed by atoms with E-state index in [1.54, 1.807) is 4.90 Å². The van der Waals surface area contributed by atoms with Gasteiger partial charge >= 0.3 is 12.0 Å². The van der Waals surface area contributed by atoms with Crippen molar-refractivity contribution < 1.29 is 14.7 Å². The molecule has 1 heterocycles. The van der Waals surface area contributed by atoms with Crippen molar-refractivity contribution in [2.75, 3.05) is 13.1 Å². The summed E-state index contributed by atoms with van der Waals surface area (Å²) in [5.41, 5.74) is -0.359. The molecule has 5 heteroatoms. The van der Waals surface area contributed by atoms with E-state index in [2.05, 4.69) is 6.92 Å². The lowest BCUT2D eigenvalue weighted by atomic mass is 9.99. The molecule has 5 nitrogen and oxygen atoms in total. The Morgan fingerprint density at radius 1 is 1.30 bits per heavy atom.